The van der Waals surface area contributed by atoms with Crippen molar-refractivity contribution in [1.82, 2.24) is 4.31 Å². The zero-order valence-electron chi connectivity index (χ0n) is 14.1. The maximum Gasteiger partial charge on any atom is 0.243 e. The van der Waals surface area contributed by atoms with Gasteiger partial charge >= 0.3 is 0 Å². The van der Waals surface area contributed by atoms with Gasteiger partial charge in [-0.25, -0.2) is 12.8 Å². The topological polar surface area (TPSA) is 46.6 Å². The zero-order valence-corrected chi connectivity index (χ0v) is 15.8. The van der Waals surface area contributed by atoms with Crippen molar-refractivity contribution < 1.29 is 17.5 Å². The van der Waals surface area contributed by atoms with Crippen molar-refractivity contribution in [2.75, 3.05) is 7.11 Å². The Morgan fingerprint density at radius 3 is 2.54 bits per heavy atom. The number of ether oxygens (including phenoxy) is 1. The van der Waals surface area contributed by atoms with E-state index in [1.807, 2.05) is 35.7 Å². The van der Waals surface area contributed by atoms with Crippen LogP contribution in [0.2, 0.25) is 0 Å². The van der Waals surface area contributed by atoms with Crippen LogP contribution in [0.25, 0.3) is 0 Å². The normalized spacial score (nSPS) is 11.7. The van der Waals surface area contributed by atoms with Gasteiger partial charge in [-0.1, -0.05) is 30.3 Å². The number of methoxy groups -OCH3 is 1. The lowest BCUT2D eigenvalue weighted by Crippen LogP contribution is -2.30. The highest BCUT2D eigenvalue weighted by molar-refractivity contribution is 7.89. The van der Waals surface area contributed by atoms with Crippen molar-refractivity contribution >= 4 is 21.4 Å². The first kappa shape index (κ1) is 18.6. The summed E-state index contributed by atoms with van der Waals surface area (Å²) in [5.74, 6) is 0.0255. The first-order chi connectivity index (χ1) is 12.5. The third kappa shape index (κ3) is 4.12. The van der Waals surface area contributed by atoms with Gasteiger partial charge in [0.2, 0.25) is 10.0 Å². The van der Waals surface area contributed by atoms with E-state index in [4.69, 9.17) is 4.74 Å². The predicted octanol–water partition coefficient (Wildman–Crippen LogP) is 4.29. The third-order valence-electron chi connectivity index (χ3n) is 3.89. The summed E-state index contributed by atoms with van der Waals surface area (Å²) in [6.45, 7) is 0.329. The van der Waals surface area contributed by atoms with E-state index in [1.165, 1.54) is 33.8 Å². The van der Waals surface area contributed by atoms with Gasteiger partial charge in [0.25, 0.3) is 0 Å². The van der Waals surface area contributed by atoms with Crippen LogP contribution < -0.4 is 4.74 Å². The van der Waals surface area contributed by atoms with Gasteiger partial charge in [0.15, 0.2) is 0 Å². The summed E-state index contributed by atoms with van der Waals surface area (Å²) < 4.78 is 46.5. The zero-order chi connectivity index (χ0) is 18.6. The van der Waals surface area contributed by atoms with Crippen molar-refractivity contribution in [2.45, 2.75) is 18.0 Å². The fraction of sp³-hybridized carbons (Fsp3) is 0.158. The van der Waals surface area contributed by atoms with Crippen LogP contribution in [0, 0.1) is 5.82 Å². The maximum atomic E-state index is 13.6. The van der Waals surface area contributed by atoms with Gasteiger partial charge in [0.05, 0.1) is 12.0 Å². The molecule has 0 bridgehead atoms. The molecule has 0 spiro atoms. The molecule has 136 valence electrons. The molecule has 3 aromatic rings. The van der Waals surface area contributed by atoms with Crippen LogP contribution in [0.15, 0.2) is 70.9 Å². The summed E-state index contributed by atoms with van der Waals surface area (Å²) in [4.78, 5) is 0.837. The van der Waals surface area contributed by atoms with Crippen molar-refractivity contribution in [3.05, 3.63) is 82.3 Å². The Labute approximate surface area is 156 Å². The van der Waals surface area contributed by atoms with Crippen LogP contribution in [0.5, 0.6) is 5.75 Å². The van der Waals surface area contributed by atoms with E-state index >= 15 is 0 Å². The number of hydrogen-bond acceptors (Lipinski definition) is 4. The van der Waals surface area contributed by atoms with Gasteiger partial charge in [-0.2, -0.15) is 4.31 Å². The quantitative estimate of drug-likeness (QED) is 0.604. The molecule has 1 aromatic heterocycles. The van der Waals surface area contributed by atoms with Crippen molar-refractivity contribution in [1.29, 1.82) is 0 Å². The smallest absolute Gasteiger partial charge is 0.243 e. The van der Waals surface area contributed by atoms with Crippen LogP contribution in [0.3, 0.4) is 0 Å². The molecule has 0 saturated heterocycles. The fourth-order valence-corrected chi connectivity index (χ4v) is 4.83. The van der Waals surface area contributed by atoms with Crippen molar-refractivity contribution in [2.24, 2.45) is 0 Å². The van der Waals surface area contributed by atoms with Crippen LogP contribution >= 0.6 is 11.3 Å². The monoisotopic (exact) mass is 391 g/mol. The summed E-state index contributed by atoms with van der Waals surface area (Å²) in [6.07, 6.45) is 0. The average Bonchev–Trinajstić information content (AvgIpc) is 3.15. The van der Waals surface area contributed by atoms with Gasteiger partial charge in [0, 0.05) is 23.5 Å². The highest BCUT2D eigenvalue weighted by Crippen LogP contribution is 2.26. The van der Waals surface area contributed by atoms with Crippen LogP contribution in [0.1, 0.15) is 10.4 Å². The van der Waals surface area contributed by atoms with E-state index in [0.29, 0.717) is 5.75 Å². The van der Waals surface area contributed by atoms with E-state index in [9.17, 15) is 12.8 Å². The van der Waals surface area contributed by atoms with Crippen LogP contribution in [-0.4, -0.2) is 19.8 Å². The summed E-state index contributed by atoms with van der Waals surface area (Å²) in [5, 5.41) is 1.89. The number of rotatable bonds is 7. The number of benzene rings is 2. The highest BCUT2D eigenvalue weighted by Gasteiger charge is 2.26. The minimum atomic E-state index is -3.88. The number of nitrogens with zero attached hydrogens (tertiary/aromatic N) is 1. The Balaban J connectivity index is 2.00. The molecule has 0 aliphatic carbocycles. The molecule has 0 N–H and O–H groups in total. The van der Waals surface area contributed by atoms with Gasteiger partial charge in [0.1, 0.15) is 11.6 Å². The second-order valence-electron chi connectivity index (χ2n) is 5.62. The summed E-state index contributed by atoms with van der Waals surface area (Å²) >= 11 is 1.47. The fourth-order valence-electron chi connectivity index (χ4n) is 2.60. The Morgan fingerprint density at radius 2 is 1.85 bits per heavy atom. The summed E-state index contributed by atoms with van der Waals surface area (Å²) in [7, 11) is -2.33. The summed E-state index contributed by atoms with van der Waals surface area (Å²) in [5.41, 5.74) is 0.742. The van der Waals surface area contributed by atoms with Crippen LogP contribution in [0.4, 0.5) is 4.39 Å². The standard InChI is InChI=1S/C19H18FNO3S2/c1-24-19-10-3-2-6-15(19)13-21(14-17-8-5-11-25-17)26(22,23)18-9-4-7-16(20)12-18/h2-12H,13-14H2,1H3. The van der Waals surface area contributed by atoms with Crippen LogP contribution in [-0.2, 0) is 23.1 Å². The number of thiophene rings is 1. The molecule has 0 amide bonds. The van der Waals surface area contributed by atoms with Crippen molar-refractivity contribution in [3.8, 4) is 5.75 Å². The molecule has 4 nitrogen and oxygen atoms in total. The lowest BCUT2D eigenvalue weighted by Gasteiger charge is -2.23. The Bertz CT molecular complexity index is 972. The summed E-state index contributed by atoms with van der Waals surface area (Å²) in [6, 6.07) is 16.1. The molecule has 7 heteroatoms. The lowest BCUT2D eigenvalue weighted by atomic mass is 10.2. The first-order valence-electron chi connectivity index (χ1n) is 7.90. The Morgan fingerprint density at radius 1 is 1.04 bits per heavy atom. The molecule has 0 radical (unpaired) electrons. The van der Waals surface area contributed by atoms with E-state index in [1.54, 1.807) is 13.2 Å². The lowest BCUT2D eigenvalue weighted by molar-refractivity contribution is 0.377. The minimum Gasteiger partial charge on any atom is -0.496 e. The van der Waals surface area contributed by atoms with Gasteiger partial charge in [-0.3, -0.25) is 0 Å². The largest absolute Gasteiger partial charge is 0.496 e. The Hall–Kier alpha value is -2.22. The molecule has 1 heterocycles. The molecule has 0 unspecified atom stereocenters. The third-order valence-corrected chi connectivity index (χ3v) is 6.53. The molecule has 0 aliphatic rings. The van der Waals surface area contributed by atoms with Gasteiger partial charge < -0.3 is 4.74 Å². The highest BCUT2D eigenvalue weighted by atomic mass is 32.2. The van der Waals surface area contributed by atoms with E-state index in [-0.39, 0.29) is 18.0 Å². The van der Waals surface area contributed by atoms with Crippen molar-refractivity contribution in [3.63, 3.8) is 0 Å². The molecular weight excluding hydrogens is 373 g/mol. The van der Waals surface area contributed by atoms with E-state index in [2.05, 4.69) is 0 Å². The molecule has 0 atom stereocenters. The second kappa shape index (κ2) is 7.99. The number of hydrogen-bond donors (Lipinski definition) is 0. The van der Waals surface area contributed by atoms with E-state index in [0.717, 1.165) is 16.5 Å². The SMILES string of the molecule is COc1ccccc1CN(Cc1cccs1)S(=O)(=O)c1cccc(F)c1. The molecule has 0 saturated carbocycles. The minimum absolute atomic E-state index is 0.0658. The second-order valence-corrected chi connectivity index (χ2v) is 8.59. The van der Waals surface area contributed by atoms with E-state index < -0.39 is 15.8 Å². The molecule has 2 aromatic carbocycles. The van der Waals surface area contributed by atoms with Gasteiger partial charge in [-0.05, 0) is 35.7 Å². The van der Waals surface area contributed by atoms with Gasteiger partial charge in [-0.15, -0.1) is 11.3 Å². The number of sulfonamides is 1. The molecule has 0 fully saturated rings. The number of para-hydroxylation sites is 1. The average molecular weight is 391 g/mol. The predicted molar refractivity (Wildman–Crippen MR) is 100 cm³/mol. The number of halogens is 1. The molecule has 3 rings (SSSR count). The molecule has 26 heavy (non-hydrogen) atoms. The maximum absolute atomic E-state index is 13.6. The Kier molecular flexibility index (Phi) is 5.70. The first-order valence-corrected chi connectivity index (χ1v) is 10.2. The molecular formula is C19H18FNO3S2. The molecule has 0 aliphatic heterocycles.